The largest absolute Gasteiger partial charge is 0.440 e. The average Bonchev–Trinajstić information content (AvgIpc) is 3.32. The maximum atomic E-state index is 12.2. The first-order valence-electron chi connectivity index (χ1n) is 8.73. The van der Waals surface area contributed by atoms with Crippen LogP contribution in [0, 0.1) is 5.92 Å². The van der Waals surface area contributed by atoms with Crippen LogP contribution in [0.4, 0.5) is 0 Å². The highest BCUT2D eigenvalue weighted by molar-refractivity contribution is 6.31. The number of likely N-dealkylation sites (tertiary alicyclic amines) is 1. The lowest BCUT2D eigenvalue weighted by atomic mass is 9.97. The van der Waals surface area contributed by atoms with Crippen LogP contribution in [0.2, 0.25) is 5.02 Å². The van der Waals surface area contributed by atoms with E-state index < -0.39 is 0 Å². The second-order valence-corrected chi connectivity index (χ2v) is 7.33. The number of benzene rings is 1. The molecule has 24 heavy (non-hydrogen) atoms. The van der Waals surface area contributed by atoms with E-state index in [2.05, 4.69) is 10.3 Å². The summed E-state index contributed by atoms with van der Waals surface area (Å²) < 4.78 is 5.87. The Bertz CT molecular complexity index is 733. The zero-order chi connectivity index (χ0) is 16.5. The Balaban J connectivity index is 1.31. The van der Waals surface area contributed by atoms with Gasteiger partial charge in [-0.2, -0.15) is 0 Å². The van der Waals surface area contributed by atoms with Gasteiger partial charge in [0.2, 0.25) is 5.91 Å². The number of rotatable bonds is 5. The summed E-state index contributed by atoms with van der Waals surface area (Å²) in [5.41, 5.74) is 1.58. The van der Waals surface area contributed by atoms with Gasteiger partial charge in [-0.05, 0) is 56.3 Å². The number of hydrogen-bond acceptors (Lipinski definition) is 4. The van der Waals surface area contributed by atoms with Crippen molar-refractivity contribution in [1.82, 2.24) is 15.2 Å². The molecule has 0 atom stereocenters. The summed E-state index contributed by atoms with van der Waals surface area (Å²) in [6, 6.07) is 5.50. The summed E-state index contributed by atoms with van der Waals surface area (Å²) in [7, 11) is 0. The van der Waals surface area contributed by atoms with E-state index in [1.807, 2.05) is 23.1 Å². The van der Waals surface area contributed by atoms with Crippen molar-refractivity contribution in [1.29, 1.82) is 0 Å². The van der Waals surface area contributed by atoms with Gasteiger partial charge in [0.25, 0.3) is 0 Å². The van der Waals surface area contributed by atoms with Crippen molar-refractivity contribution in [2.45, 2.75) is 31.6 Å². The number of fused-ring (bicyclic) bond motifs is 1. The second kappa shape index (κ2) is 6.73. The van der Waals surface area contributed by atoms with Crippen LogP contribution in [-0.2, 0) is 4.79 Å². The quantitative estimate of drug-likeness (QED) is 0.902. The first kappa shape index (κ1) is 15.9. The monoisotopic (exact) mass is 347 g/mol. The highest BCUT2D eigenvalue weighted by Crippen LogP contribution is 2.31. The second-order valence-electron chi connectivity index (χ2n) is 6.89. The number of aromatic nitrogens is 1. The zero-order valence-electron chi connectivity index (χ0n) is 13.6. The van der Waals surface area contributed by atoms with Gasteiger partial charge in [0.15, 0.2) is 11.5 Å². The van der Waals surface area contributed by atoms with Crippen LogP contribution >= 0.6 is 11.6 Å². The Morgan fingerprint density at radius 3 is 2.83 bits per heavy atom. The Morgan fingerprint density at radius 2 is 2.08 bits per heavy atom. The Kier molecular flexibility index (Phi) is 4.46. The smallest absolute Gasteiger partial charge is 0.236 e. The average molecular weight is 348 g/mol. The minimum Gasteiger partial charge on any atom is -0.440 e. The van der Waals surface area contributed by atoms with Gasteiger partial charge >= 0.3 is 0 Å². The van der Waals surface area contributed by atoms with Crippen LogP contribution < -0.4 is 5.32 Å². The minimum atomic E-state index is 0.207. The van der Waals surface area contributed by atoms with Gasteiger partial charge in [-0.25, -0.2) is 4.98 Å². The molecule has 1 aromatic heterocycles. The summed E-state index contributed by atoms with van der Waals surface area (Å²) in [4.78, 5) is 18.8. The molecule has 2 aromatic rings. The highest BCUT2D eigenvalue weighted by Gasteiger charge is 2.27. The van der Waals surface area contributed by atoms with E-state index in [-0.39, 0.29) is 11.8 Å². The van der Waals surface area contributed by atoms with Crippen molar-refractivity contribution in [3.63, 3.8) is 0 Å². The van der Waals surface area contributed by atoms with Gasteiger partial charge in [-0.15, -0.1) is 0 Å². The zero-order valence-corrected chi connectivity index (χ0v) is 14.4. The fraction of sp³-hybridized carbons (Fsp3) is 0.556. The molecule has 6 heteroatoms. The first-order valence-corrected chi connectivity index (χ1v) is 9.11. The molecule has 1 saturated carbocycles. The molecule has 0 spiro atoms. The molecule has 0 unspecified atom stereocenters. The third-order valence-corrected chi connectivity index (χ3v) is 5.20. The number of halogens is 1. The normalized spacial score (nSPS) is 19.1. The Morgan fingerprint density at radius 1 is 1.29 bits per heavy atom. The van der Waals surface area contributed by atoms with Crippen molar-refractivity contribution in [2.24, 2.45) is 5.92 Å². The lowest BCUT2D eigenvalue weighted by Crippen LogP contribution is -2.42. The van der Waals surface area contributed by atoms with Gasteiger partial charge in [0.05, 0.1) is 6.54 Å². The van der Waals surface area contributed by atoms with Crippen LogP contribution in [0.5, 0.6) is 0 Å². The number of nitrogens with zero attached hydrogens (tertiary/aromatic N) is 2. The van der Waals surface area contributed by atoms with Crippen LogP contribution in [0.1, 0.15) is 37.5 Å². The lowest BCUT2D eigenvalue weighted by Gasteiger charge is -2.30. The minimum absolute atomic E-state index is 0.207. The molecule has 0 radical (unpaired) electrons. The molecule has 4 rings (SSSR count). The van der Waals surface area contributed by atoms with Crippen molar-refractivity contribution in [2.75, 3.05) is 26.2 Å². The van der Waals surface area contributed by atoms with Gasteiger partial charge in [-0.3, -0.25) is 4.79 Å². The van der Waals surface area contributed by atoms with Crippen molar-refractivity contribution >= 4 is 28.6 Å². The Hall–Kier alpha value is -1.59. The third-order valence-electron chi connectivity index (χ3n) is 4.97. The van der Waals surface area contributed by atoms with Crippen LogP contribution in [0.15, 0.2) is 22.6 Å². The fourth-order valence-electron chi connectivity index (χ4n) is 3.29. The number of hydrogen-bond donors (Lipinski definition) is 1. The molecule has 5 nitrogen and oxygen atoms in total. The summed E-state index contributed by atoms with van der Waals surface area (Å²) in [5, 5.41) is 3.94. The lowest BCUT2D eigenvalue weighted by molar-refractivity contribution is -0.131. The topological polar surface area (TPSA) is 58.4 Å². The molecule has 2 fully saturated rings. The summed E-state index contributed by atoms with van der Waals surface area (Å²) in [5.74, 6) is 2.06. The van der Waals surface area contributed by atoms with Crippen molar-refractivity contribution < 1.29 is 9.21 Å². The molecule has 1 aliphatic heterocycles. The van der Waals surface area contributed by atoms with E-state index in [1.54, 1.807) is 0 Å². The number of amides is 1. The first-order chi connectivity index (χ1) is 11.7. The molecule has 128 valence electrons. The van der Waals surface area contributed by atoms with E-state index in [0.717, 1.165) is 55.4 Å². The van der Waals surface area contributed by atoms with Gasteiger partial charge in [-0.1, -0.05) is 11.6 Å². The highest BCUT2D eigenvalue weighted by atomic mass is 35.5. The summed E-state index contributed by atoms with van der Waals surface area (Å²) >= 11 is 6.00. The third kappa shape index (κ3) is 3.57. The molecule has 1 aromatic carbocycles. The molecule has 1 amide bonds. The molecule has 0 bridgehead atoms. The predicted molar refractivity (Wildman–Crippen MR) is 93.2 cm³/mol. The standard InChI is InChI=1S/C18H22ClN3O2/c19-14-3-4-16-15(9-14)21-18(24-16)13-5-7-22(8-6-13)17(23)11-20-10-12-1-2-12/h3-4,9,12-13,20H,1-2,5-8,10-11H2. The van der Waals surface area contributed by atoms with E-state index in [0.29, 0.717) is 11.6 Å². The number of carbonyl (C=O) groups is 1. The van der Waals surface area contributed by atoms with Crippen molar-refractivity contribution in [3.05, 3.63) is 29.1 Å². The molecule has 1 N–H and O–H groups in total. The van der Waals surface area contributed by atoms with E-state index in [9.17, 15) is 4.79 Å². The summed E-state index contributed by atoms with van der Waals surface area (Å²) in [6.45, 7) is 2.98. The maximum absolute atomic E-state index is 12.2. The van der Waals surface area contributed by atoms with Crippen LogP contribution in [-0.4, -0.2) is 42.0 Å². The summed E-state index contributed by atoms with van der Waals surface area (Å²) in [6.07, 6.45) is 4.41. The van der Waals surface area contributed by atoms with Gasteiger partial charge < -0.3 is 14.6 Å². The molecular weight excluding hydrogens is 326 g/mol. The Labute approximate surface area is 146 Å². The molecule has 1 saturated heterocycles. The van der Waals surface area contributed by atoms with Gasteiger partial charge in [0.1, 0.15) is 5.52 Å². The molecule has 2 aliphatic rings. The predicted octanol–water partition coefficient (Wildman–Crippen LogP) is 3.19. The number of nitrogens with one attached hydrogen (secondary N) is 1. The molecule has 1 aliphatic carbocycles. The SMILES string of the molecule is O=C(CNCC1CC1)N1CCC(c2nc3cc(Cl)ccc3o2)CC1. The number of carbonyl (C=O) groups excluding carboxylic acids is 1. The molecular formula is C18H22ClN3O2. The van der Waals surface area contributed by atoms with E-state index in [1.165, 1.54) is 12.8 Å². The van der Waals surface area contributed by atoms with E-state index >= 15 is 0 Å². The molecule has 2 heterocycles. The number of oxazole rings is 1. The number of piperidine rings is 1. The van der Waals surface area contributed by atoms with Crippen LogP contribution in [0.3, 0.4) is 0 Å². The van der Waals surface area contributed by atoms with Crippen molar-refractivity contribution in [3.8, 4) is 0 Å². The van der Waals surface area contributed by atoms with Crippen LogP contribution in [0.25, 0.3) is 11.1 Å². The maximum Gasteiger partial charge on any atom is 0.236 e. The van der Waals surface area contributed by atoms with Gasteiger partial charge in [0, 0.05) is 24.0 Å². The fourth-order valence-corrected chi connectivity index (χ4v) is 3.45. The van der Waals surface area contributed by atoms with E-state index in [4.69, 9.17) is 16.0 Å².